The monoisotopic (exact) mass is 508 g/mol. The van der Waals surface area contributed by atoms with Gasteiger partial charge in [0.25, 0.3) is 0 Å². The highest BCUT2D eigenvalue weighted by atomic mass is 16.7. The van der Waals surface area contributed by atoms with Gasteiger partial charge in [-0.3, -0.25) is 0 Å². The van der Waals surface area contributed by atoms with Crippen LogP contribution < -0.4 is 0 Å². The first-order chi connectivity index (χ1) is 16.6. The van der Waals surface area contributed by atoms with Gasteiger partial charge in [0.1, 0.15) is 5.78 Å². The quantitative estimate of drug-likeness (QED) is 0.281. The van der Waals surface area contributed by atoms with Crippen LogP contribution in [0.1, 0.15) is 121 Å². The van der Waals surface area contributed by atoms with Gasteiger partial charge in [0.15, 0.2) is 6.29 Å². The first-order valence-electron chi connectivity index (χ1n) is 15.0. The van der Waals surface area contributed by atoms with Crippen LogP contribution in [0.25, 0.3) is 0 Å². The Kier molecular flexibility index (Phi) is 12.0. The average molecular weight is 509 g/mol. The first-order valence-corrected chi connectivity index (χ1v) is 15.0. The second-order valence-electron chi connectivity index (χ2n) is 14.7. The van der Waals surface area contributed by atoms with Gasteiger partial charge in [0.2, 0.25) is 0 Å². The number of hydrogen-bond acceptors (Lipinski definition) is 4. The summed E-state index contributed by atoms with van der Waals surface area (Å²) in [5.41, 5.74) is 0.159. The van der Waals surface area contributed by atoms with Crippen LogP contribution in [0.15, 0.2) is 0 Å². The molecule has 0 bridgehead atoms. The van der Waals surface area contributed by atoms with Crippen LogP contribution in [-0.2, 0) is 19.0 Å². The molecule has 0 aromatic heterocycles. The van der Waals surface area contributed by atoms with Crippen molar-refractivity contribution in [3.63, 3.8) is 0 Å². The summed E-state index contributed by atoms with van der Waals surface area (Å²) >= 11 is 0. The molecule has 1 aliphatic heterocycles. The largest absolute Gasteiger partial charge is 0.373 e. The predicted molar refractivity (Wildman–Crippen MR) is 150 cm³/mol. The molecule has 0 spiro atoms. The lowest BCUT2D eigenvalue weighted by atomic mass is 9.63. The number of hydrogen-bond donors (Lipinski definition) is 0. The molecule has 2 aliphatic rings. The second kappa shape index (κ2) is 13.6. The van der Waals surface area contributed by atoms with E-state index in [1.807, 2.05) is 0 Å². The Labute approximate surface area is 224 Å². The third kappa shape index (κ3) is 10.0. The third-order valence-corrected chi connectivity index (χ3v) is 8.98. The van der Waals surface area contributed by atoms with Crippen LogP contribution in [-0.4, -0.2) is 37.0 Å². The molecule has 1 heterocycles. The minimum atomic E-state index is -0.225. The van der Waals surface area contributed by atoms with E-state index in [0.29, 0.717) is 36.2 Å². The summed E-state index contributed by atoms with van der Waals surface area (Å²) in [5, 5.41) is 0. The molecule has 1 saturated carbocycles. The highest BCUT2D eigenvalue weighted by Crippen LogP contribution is 2.46. The highest BCUT2D eigenvalue weighted by molar-refractivity contribution is 5.75. The Morgan fingerprint density at radius 3 is 2.08 bits per heavy atom. The average Bonchev–Trinajstić information content (AvgIpc) is 2.73. The van der Waals surface area contributed by atoms with Crippen LogP contribution in [0.4, 0.5) is 0 Å². The molecule has 0 aromatic carbocycles. The van der Waals surface area contributed by atoms with Gasteiger partial charge in [-0.05, 0) is 94.3 Å². The number of carbonyl (C=O) groups is 1. The molecule has 1 saturated heterocycles. The summed E-state index contributed by atoms with van der Waals surface area (Å²) in [4.78, 5) is 11.8. The summed E-state index contributed by atoms with van der Waals surface area (Å²) in [7, 11) is 0. The van der Waals surface area contributed by atoms with E-state index < -0.39 is 0 Å². The van der Waals surface area contributed by atoms with E-state index in [2.05, 4.69) is 69.2 Å². The topological polar surface area (TPSA) is 44.8 Å². The van der Waals surface area contributed by atoms with Crippen LogP contribution in [0.3, 0.4) is 0 Å². The smallest absolute Gasteiger partial charge is 0.160 e. The zero-order valence-corrected chi connectivity index (χ0v) is 25.7. The van der Waals surface area contributed by atoms with E-state index in [4.69, 9.17) is 14.2 Å². The molecule has 1 aliphatic carbocycles. The fourth-order valence-corrected chi connectivity index (χ4v) is 6.93. The molecule has 2 rings (SSSR count). The Morgan fingerprint density at radius 1 is 0.889 bits per heavy atom. The fraction of sp³-hybridized carbons (Fsp3) is 0.969. The molecule has 212 valence electrons. The molecule has 0 aromatic rings. The Balaban J connectivity index is 2.11. The van der Waals surface area contributed by atoms with Gasteiger partial charge in [0.05, 0.1) is 24.9 Å². The van der Waals surface area contributed by atoms with Gasteiger partial charge < -0.3 is 19.0 Å². The van der Waals surface area contributed by atoms with Crippen molar-refractivity contribution in [3.8, 4) is 0 Å². The van der Waals surface area contributed by atoms with Crippen molar-refractivity contribution in [3.05, 3.63) is 0 Å². The molecule has 0 radical (unpaired) electrons. The summed E-state index contributed by atoms with van der Waals surface area (Å²) in [6, 6.07) is 0. The predicted octanol–water partition coefficient (Wildman–Crippen LogP) is 8.32. The van der Waals surface area contributed by atoms with E-state index in [1.165, 1.54) is 32.1 Å². The lowest BCUT2D eigenvalue weighted by molar-refractivity contribution is -0.268. The Morgan fingerprint density at radius 2 is 1.53 bits per heavy atom. The van der Waals surface area contributed by atoms with Crippen molar-refractivity contribution in [1.29, 1.82) is 0 Å². The minimum absolute atomic E-state index is 0.00441. The molecule has 0 amide bonds. The first kappa shape index (κ1) is 31.8. The van der Waals surface area contributed by atoms with Crippen molar-refractivity contribution >= 4 is 5.78 Å². The lowest BCUT2D eigenvalue weighted by Gasteiger charge is -2.46. The zero-order valence-electron chi connectivity index (χ0n) is 25.7. The van der Waals surface area contributed by atoms with E-state index in [1.54, 1.807) is 6.92 Å². The maximum Gasteiger partial charge on any atom is 0.160 e. The molecule has 9 atom stereocenters. The fourth-order valence-electron chi connectivity index (χ4n) is 6.93. The lowest BCUT2D eigenvalue weighted by Crippen LogP contribution is -2.49. The summed E-state index contributed by atoms with van der Waals surface area (Å²) < 4.78 is 19.4. The molecule has 4 heteroatoms. The molecular formula is C32H60O4. The van der Waals surface area contributed by atoms with Crippen molar-refractivity contribution in [2.75, 3.05) is 13.2 Å². The van der Waals surface area contributed by atoms with Crippen molar-refractivity contribution in [2.45, 2.75) is 139 Å². The summed E-state index contributed by atoms with van der Waals surface area (Å²) in [6.07, 6.45) is 7.72. The summed E-state index contributed by atoms with van der Waals surface area (Å²) in [6.45, 7) is 25.8. The van der Waals surface area contributed by atoms with Crippen LogP contribution in [0, 0.1) is 46.8 Å². The molecular weight excluding hydrogens is 448 g/mol. The molecule has 9 unspecified atom stereocenters. The summed E-state index contributed by atoms with van der Waals surface area (Å²) in [5.74, 6) is 4.22. The van der Waals surface area contributed by atoms with E-state index >= 15 is 0 Å². The van der Waals surface area contributed by atoms with Gasteiger partial charge in [-0.25, -0.2) is 0 Å². The number of ketones is 1. The molecule has 0 N–H and O–H groups in total. The van der Waals surface area contributed by atoms with Gasteiger partial charge in [-0.2, -0.15) is 0 Å². The van der Waals surface area contributed by atoms with Crippen molar-refractivity contribution < 1.29 is 19.0 Å². The zero-order chi connectivity index (χ0) is 27.3. The van der Waals surface area contributed by atoms with Crippen LogP contribution >= 0.6 is 0 Å². The van der Waals surface area contributed by atoms with Crippen molar-refractivity contribution in [1.82, 2.24) is 0 Å². The van der Waals surface area contributed by atoms with Crippen molar-refractivity contribution in [2.24, 2.45) is 46.8 Å². The Bertz CT molecular complexity index is 660. The van der Waals surface area contributed by atoms with Gasteiger partial charge in [-0.15, -0.1) is 0 Å². The van der Waals surface area contributed by atoms with Crippen LogP contribution in [0.2, 0.25) is 0 Å². The normalized spacial score (nSPS) is 36.1. The SMILES string of the molecule is CCCC1CC(COC2OC(COC(C)(C)C)C(C)C(CCC(C)=O)C2C)CC(CC(C)(C)C)C1C. The molecule has 4 nitrogen and oxygen atoms in total. The number of carbonyl (C=O) groups excluding carboxylic acids is 1. The number of rotatable bonds is 11. The van der Waals surface area contributed by atoms with Gasteiger partial charge >= 0.3 is 0 Å². The third-order valence-electron chi connectivity index (χ3n) is 8.98. The molecule has 2 fully saturated rings. The van der Waals surface area contributed by atoms with Crippen LogP contribution in [0.5, 0.6) is 0 Å². The highest BCUT2D eigenvalue weighted by Gasteiger charge is 2.43. The molecule has 36 heavy (non-hydrogen) atoms. The van der Waals surface area contributed by atoms with E-state index in [0.717, 1.165) is 30.8 Å². The van der Waals surface area contributed by atoms with Gasteiger partial charge in [-0.1, -0.05) is 61.3 Å². The second-order valence-corrected chi connectivity index (χ2v) is 14.7. The minimum Gasteiger partial charge on any atom is -0.373 e. The number of ether oxygens (including phenoxy) is 3. The number of Topliss-reactive ketones (excluding diaryl/α,β-unsaturated/α-hetero) is 1. The van der Waals surface area contributed by atoms with Gasteiger partial charge in [0, 0.05) is 12.3 Å². The van der Waals surface area contributed by atoms with E-state index in [9.17, 15) is 4.79 Å². The maximum absolute atomic E-state index is 11.8. The van der Waals surface area contributed by atoms with E-state index in [-0.39, 0.29) is 29.7 Å². The maximum atomic E-state index is 11.8. The Hall–Kier alpha value is -0.450. The standard InChI is InChI=1S/C32H60O4/c1-12-13-26-16-25(17-27(22(26)3)18-31(6,7)8)19-34-30-24(5)28(15-14-21(2)33)23(4)29(36-30)20-35-32(9,10)11/h22-30H,12-20H2,1-11H3.